The lowest BCUT2D eigenvalue weighted by Crippen LogP contribution is -2.18. The van der Waals surface area contributed by atoms with E-state index in [-0.39, 0.29) is 23.2 Å². The normalized spacial score (nSPS) is 15.7. The molecule has 0 radical (unpaired) electrons. The summed E-state index contributed by atoms with van der Waals surface area (Å²) in [7, 11) is 0. The van der Waals surface area contributed by atoms with Gasteiger partial charge in [0.15, 0.2) is 11.6 Å². The summed E-state index contributed by atoms with van der Waals surface area (Å²) >= 11 is 0. The van der Waals surface area contributed by atoms with Gasteiger partial charge in [0, 0.05) is 12.4 Å². The molecule has 1 aliphatic carbocycles. The maximum atomic E-state index is 12.2. The molecule has 0 spiro atoms. The minimum absolute atomic E-state index is 0.110. The van der Waals surface area contributed by atoms with Crippen molar-refractivity contribution >= 4 is 0 Å². The van der Waals surface area contributed by atoms with E-state index in [4.69, 9.17) is 0 Å². The fourth-order valence-electron chi connectivity index (χ4n) is 2.67. The van der Waals surface area contributed by atoms with E-state index in [1.807, 2.05) is 6.92 Å². The van der Waals surface area contributed by atoms with Gasteiger partial charge in [0.05, 0.1) is 5.56 Å². The first-order chi connectivity index (χ1) is 9.65. The first-order valence-electron chi connectivity index (χ1n) is 6.77. The average molecular weight is 272 g/mol. The van der Waals surface area contributed by atoms with Crippen LogP contribution in [0.15, 0.2) is 17.2 Å². The lowest BCUT2D eigenvalue weighted by molar-refractivity contribution is 0.436. The van der Waals surface area contributed by atoms with E-state index in [9.17, 15) is 9.90 Å². The molecule has 0 bridgehead atoms. The largest absolute Gasteiger partial charge is 0.493 e. The Labute approximate surface area is 116 Å². The zero-order valence-corrected chi connectivity index (χ0v) is 11.3. The molecule has 0 atom stereocenters. The van der Waals surface area contributed by atoms with Crippen molar-refractivity contribution in [1.29, 1.82) is 0 Å². The average Bonchev–Trinajstić information content (AvgIpc) is 2.92. The standard InChI is InChI=1S/C14H16N4O2/c1-8-6-15-11(16-7-8)12-17-13(19)10(14(20)18-12)9-4-2-3-5-9/h6-7,9H,2-5H2,1H3,(H2,17,18,19,20). The summed E-state index contributed by atoms with van der Waals surface area (Å²) in [6.07, 6.45) is 7.32. The van der Waals surface area contributed by atoms with Gasteiger partial charge >= 0.3 is 0 Å². The minimum atomic E-state index is -0.288. The molecule has 0 amide bonds. The van der Waals surface area contributed by atoms with Crippen LogP contribution in [-0.4, -0.2) is 25.0 Å². The summed E-state index contributed by atoms with van der Waals surface area (Å²) in [6.45, 7) is 1.88. The molecule has 3 rings (SSSR count). The maximum absolute atomic E-state index is 12.2. The molecule has 2 heterocycles. The summed E-state index contributed by atoms with van der Waals surface area (Å²) in [4.78, 5) is 27.1. The highest BCUT2D eigenvalue weighted by molar-refractivity contribution is 5.45. The van der Waals surface area contributed by atoms with Gasteiger partial charge in [0.1, 0.15) is 0 Å². The van der Waals surface area contributed by atoms with Crippen molar-refractivity contribution in [3.63, 3.8) is 0 Å². The van der Waals surface area contributed by atoms with Crippen LogP contribution >= 0.6 is 0 Å². The van der Waals surface area contributed by atoms with Gasteiger partial charge in [0.2, 0.25) is 5.88 Å². The summed E-state index contributed by atoms with van der Waals surface area (Å²) in [5.41, 5.74) is 1.03. The summed E-state index contributed by atoms with van der Waals surface area (Å²) in [5, 5.41) is 10.1. The smallest absolute Gasteiger partial charge is 0.258 e. The Balaban J connectivity index is 2.03. The fourth-order valence-corrected chi connectivity index (χ4v) is 2.67. The molecule has 0 aliphatic heterocycles. The van der Waals surface area contributed by atoms with Crippen molar-refractivity contribution in [2.75, 3.05) is 0 Å². The third-order valence-corrected chi connectivity index (χ3v) is 3.69. The number of aryl methyl sites for hydroxylation is 1. The molecule has 104 valence electrons. The number of hydrogen-bond acceptors (Lipinski definition) is 5. The van der Waals surface area contributed by atoms with Crippen LogP contribution in [-0.2, 0) is 0 Å². The highest BCUT2D eigenvalue weighted by Gasteiger charge is 2.25. The second kappa shape index (κ2) is 5.03. The Bertz CT molecular complexity index is 673. The molecule has 0 unspecified atom stereocenters. The Kier molecular flexibility index (Phi) is 3.22. The van der Waals surface area contributed by atoms with Gasteiger partial charge < -0.3 is 10.1 Å². The molecular formula is C14H16N4O2. The van der Waals surface area contributed by atoms with Crippen LogP contribution in [0.25, 0.3) is 11.6 Å². The highest BCUT2D eigenvalue weighted by atomic mass is 16.3. The number of rotatable bonds is 2. The van der Waals surface area contributed by atoms with E-state index in [0.29, 0.717) is 11.4 Å². The zero-order valence-electron chi connectivity index (χ0n) is 11.3. The first-order valence-corrected chi connectivity index (χ1v) is 6.77. The van der Waals surface area contributed by atoms with Gasteiger partial charge in [-0.3, -0.25) is 4.79 Å². The third kappa shape index (κ3) is 2.29. The van der Waals surface area contributed by atoms with E-state index < -0.39 is 0 Å². The maximum Gasteiger partial charge on any atom is 0.258 e. The van der Waals surface area contributed by atoms with Crippen molar-refractivity contribution < 1.29 is 5.11 Å². The zero-order chi connectivity index (χ0) is 14.1. The van der Waals surface area contributed by atoms with Gasteiger partial charge in [-0.2, -0.15) is 4.98 Å². The number of hydrogen-bond donors (Lipinski definition) is 2. The van der Waals surface area contributed by atoms with Gasteiger partial charge in [-0.15, -0.1) is 0 Å². The van der Waals surface area contributed by atoms with Crippen molar-refractivity contribution in [2.45, 2.75) is 38.5 Å². The quantitative estimate of drug-likeness (QED) is 0.871. The van der Waals surface area contributed by atoms with E-state index >= 15 is 0 Å². The monoisotopic (exact) mass is 272 g/mol. The van der Waals surface area contributed by atoms with Crippen molar-refractivity contribution in [3.05, 3.63) is 33.9 Å². The van der Waals surface area contributed by atoms with Crippen LogP contribution in [0.3, 0.4) is 0 Å². The predicted octanol–water partition coefficient (Wildman–Crippen LogP) is 1.90. The second-order valence-electron chi connectivity index (χ2n) is 5.22. The topological polar surface area (TPSA) is 91.8 Å². The lowest BCUT2D eigenvalue weighted by Gasteiger charge is -2.10. The van der Waals surface area contributed by atoms with Crippen molar-refractivity contribution in [1.82, 2.24) is 19.9 Å². The Morgan fingerprint density at radius 1 is 1.25 bits per heavy atom. The molecule has 6 nitrogen and oxygen atoms in total. The molecular weight excluding hydrogens is 256 g/mol. The molecule has 0 aromatic carbocycles. The Hall–Kier alpha value is -2.24. The van der Waals surface area contributed by atoms with Crippen molar-refractivity contribution in [3.8, 4) is 17.5 Å². The number of nitrogens with one attached hydrogen (secondary N) is 1. The van der Waals surface area contributed by atoms with Crippen LogP contribution in [0, 0.1) is 6.92 Å². The molecule has 1 aliphatic rings. The molecule has 20 heavy (non-hydrogen) atoms. The van der Waals surface area contributed by atoms with Crippen LogP contribution in [0.4, 0.5) is 0 Å². The molecule has 2 N–H and O–H groups in total. The van der Waals surface area contributed by atoms with E-state index in [2.05, 4.69) is 19.9 Å². The number of nitrogens with zero attached hydrogens (tertiary/aromatic N) is 3. The number of aromatic nitrogens is 4. The Morgan fingerprint density at radius 2 is 1.90 bits per heavy atom. The molecule has 1 saturated carbocycles. The van der Waals surface area contributed by atoms with Crippen LogP contribution in [0.2, 0.25) is 0 Å². The number of H-pyrrole nitrogens is 1. The second-order valence-corrected chi connectivity index (χ2v) is 5.22. The fraction of sp³-hybridized carbons (Fsp3) is 0.429. The SMILES string of the molecule is Cc1cnc(-c2nc(O)c(C3CCCC3)c(=O)[nH]2)nc1. The number of aromatic amines is 1. The van der Waals surface area contributed by atoms with Crippen LogP contribution < -0.4 is 5.56 Å². The lowest BCUT2D eigenvalue weighted by atomic mass is 10.00. The predicted molar refractivity (Wildman–Crippen MR) is 73.5 cm³/mol. The summed E-state index contributed by atoms with van der Waals surface area (Å²) in [5.74, 6) is 0.425. The van der Waals surface area contributed by atoms with Crippen LogP contribution in [0.1, 0.15) is 42.7 Å². The molecule has 2 aromatic heterocycles. The van der Waals surface area contributed by atoms with E-state index in [1.165, 1.54) is 0 Å². The highest BCUT2D eigenvalue weighted by Crippen LogP contribution is 2.35. The van der Waals surface area contributed by atoms with E-state index in [1.54, 1.807) is 12.4 Å². The molecule has 2 aromatic rings. The van der Waals surface area contributed by atoms with Gasteiger partial charge in [0.25, 0.3) is 5.56 Å². The summed E-state index contributed by atoms with van der Waals surface area (Å²) < 4.78 is 0. The Morgan fingerprint density at radius 3 is 2.50 bits per heavy atom. The summed E-state index contributed by atoms with van der Waals surface area (Å²) in [6, 6.07) is 0. The van der Waals surface area contributed by atoms with Gasteiger partial charge in [-0.25, -0.2) is 9.97 Å². The number of aromatic hydroxyl groups is 1. The van der Waals surface area contributed by atoms with Gasteiger partial charge in [-0.1, -0.05) is 12.8 Å². The molecule has 6 heteroatoms. The molecule has 0 saturated heterocycles. The third-order valence-electron chi connectivity index (χ3n) is 3.69. The van der Waals surface area contributed by atoms with E-state index in [0.717, 1.165) is 31.2 Å². The van der Waals surface area contributed by atoms with Gasteiger partial charge in [-0.05, 0) is 31.2 Å². The molecule has 1 fully saturated rings. The van der Waals surface area contributed by atoms with Crippen molar-refractivity contribution in [2.24, 2.45) is 0 Å². The van der Waals surface area contributed by atoms with Crippen LogP contribution in [0.5, 0.6) is 5.88 Å². The first kappa shape index (κ1) is 12.8. The minimum Gasteiger partial charge on any atom is -0.493 e.